The number of nitrogens with zero attached hydrogens (tertiary/aromatic N) is 1. The van der Waals surface area contributed by atoms with E-state index in [-0.39, 0.29) is 13.2 Å². The van der Waals surface area contributed by atoms with Crippen molar-refractivity contribution in [1.82, 2.24) is 4.90 Å². The third kappa shape index (κ3) is 3.75. The van der Waals surface area contributed by atoms with Gasteiger partial charge in [0.15, 0.2) is 0 Å². The molecule has 1 aromatic rings. The minimum Gasteiger partial charge on any atom is -0.394 e. The molecule has 1 amide bonds. The molecule has 1 heterocycles. The fraction of sp³-hybridized carbons (Fsp3) is 0.533. The molecule has 1 unspecified atom stereocenters. The summed E-state index contributed by atoms with van der Waals surface area (Å²) >= 11 is 0. The van der Waals surface area contributed by atoms with Gasteiger partial charge >= 0.3 is 6.18 Å². The van der Waals surface area contributed by atoms with Crippen molar-refractivity contribution in [2.75, 3.05) is 13.2 Å². The van der Waals surface area contributed by atoms with Crippen molar-refractivity contribution in [2.45, 2.75) is 37.4 Å². The van der Waals surface area contributed by atoms with Gasteiger partial charge in [-0.05, 0) is 24.8 Å². The Kier molecular flexibility index (Phi) is 4.56. The number of aliphatic hydroxyl groups is 1. The van der Waals surface area contributed by atoms with Gasteiger partial charge in [0, 0.05) is 6.54 Å². The van der Waals surface area contributed by atoms with Crippen LogP contribution in [0.25, 0.3) is 0 Å². The number of amides is 1. The number of aliphatic hydroxyl groups excluding tert-OH is 1. The average Bonchev–Trinajstić information content (AvgIpc) is 2.82. The van der Waals surface area contributed by atoms with Gasteiger partial charge < -0.3 is 10.0 Å². The van der Waals surface area contributed by atoms with Crippen molar-refractivity contribution in [3.8, 4) is 0 Å². The van der Waals surface area contributed by atoms with Crippen LogP contribution < -0.4 is 0 Å². The van der Waals surface area contributed by atoms with Crippen LogP contribution in [0, 0.1) is 0 Å². The lowest BCUT2D eigenvalue weighted by Crippen LogP contribution is -2.52. The third-order valence-electron chi connectivity index (χ3n) is 3.92. The predicted molar refractivity (Wildman–Crippen MR) is 71.6 cm³/mol. The van der Waals surface area contributed by atoms with Crippen molar-refractivity contribution in [1.29, 1.82) is 0 Å². The lowest BCUT2D eigenvalue weighted by atomic mass is 9.88. The summed E-state index contributed by atoms with van der Waals surface area (Å²) in [5.74, 6) is -0.954. The highest BCUT2D eigenvalue weighted by Crippen LogP contribution is 2.34. The van der Waals surface area contributed by atoms with Gasteiger partial charge in [0.1, 0.15) is 6.42 Å². The second kappa shape index (κ2) is 6.05. The predicted octanol–water partition coefficient (Wildman–Crippen LogP) is 2.54. The van der Waals surface area contributed by atoms with Crippen LogP contribution in [0.1, 0.15) is 24.8 Å². The Bertz CT molecular complexity index is 489. The molecule has 1 fully saturated rings. The molecule has 6 heteroatoms. The SMILES string of the molecule is O=C(CC(F)(F)F)N1CCCC1(CO)Cc1ccccc1. The van der Waals surface area contributed by atoms with Crippen LogP contribution in [-0.4, -0.2) is 40.8 Å². The monoisotopic (exact) mass is 301 g/mol. The van der Waals surface area contributed by atoms with E-state index in [9.17, 15) is 23.1 Å². The van der Waals surface area contributed by atoms with E-state index in [2.05, 4.69) is 0 Å². The van der Waals surface area contributed by atoms with Gasteiger partial charge in [-0.2, -0.15) is 13.2 Å². The van der Waals surface area contributed by atoms with Gasteiger partial charge in [-0.3, -0.25) is 4.79 Å². The van der Waals surface area contributed by atoms with Gasteiger partial charge in [0.25, 0.3) is 0 Å². The fourth-order valence-corrected chi connectivity index (χ4v) is 2.97. The summed E-state index contributed by atoms with van der Waals surface area (Å²) in [5, 5.41) is 9.72. The van der Waals surface area contributed by atoms with Crippen molar-refractivity contribution >= 4 is 5.91 Å². The summed E-state index contributed by atoms with van der Waals surface area (Å²) in [6.07, 6.45) is -4.50. The number of carbonyl (C=O) groups is 1. The van der Waals surface area contributed by atoms with Gasteiger partial charge in [-0.15, -0.1) is 0 Å². The molecule has 1 aromatic carbocycles. The lowest BCUT2D eigenvalue weighted by Gasteiger charge is -2.37. The number of halogens is 3. The van der Waals surface area contributed by atoms with Crippen LogP contribution >= 0.6 is 0 Å². The number of rotatable bonds is 4. The molecular weight excluding hydrogens is 283 g/mol. The first-order valence-electron chi connectivity index (χ1n) is 6.88. The Morgan fingerprint density at radius 2 is 1.95 bits per heavy atom. The summed E-state index contributed by atoms with van der Waals surface area (Å²) in [5.41, 5.74) is -0.0118. The molecule has 0 aliphatic carbocycles. The average molecular weight is 301 g/mol. The zero-order chi connectivity index (χ0) is 15.5. The van der Waals surface area contributed by atoms with Crippen LogP contribution in [0.2, 0.25) is 0 Å². The molecule has 1 saturated heterocycles. The van der Waals surface area contributed by atoms with Crippen LogP contribution in [0.3, 0.4) is 0 Å². The lowest BCUT2D eigenvalue weighted by molar-refractivity contribution is -0.165. The van der Waals surface area contributed by atoms with Gasteiger partial charge in [-0.25, -0.2) is 0 Å². The Morgan fingerprint density at radius 1 is 1.29 bits per heavy atom. The molecule has 1 aliphatic heterocycles. The molecule has 116 valence electrons. The largest absolute Gasteiger partial charge is 0.397 e. The summed E-state index contributed by atoms with van der Waals surface area (Å²) in [6.45, 7) is -0.0617. The normalized spacial score (nSPS) is 22.6. The standard InChI is InChI=1S/C15H18F3NO2/c16-15(17,18)10-13(21)19-8-4-7-14(19,11-20)9-12-5-2-1-3-6-12/h1-3,5-6,20H,4,7-11H2. The van der Waals surface area contributed by atoms with Crippen LogP contribution in [0.5, 0.6) is 0 Å². The molecule has 0 aromatic heterocycles. The van der Waals surface area contributed by atoms with E-state index in [0.29, 0.717) is 19.3 Å². The zero-order valence-corrected chi connectivity index (χ0v) is 11.6. The first-order chi connectivity index (χ1) is 9.86. The number of likely N-dealkylation sites (tertiary alicyclic amines) is 1. The summed E-state index contributed by atoms with van der Waals surface area (Å²) < 4.78 is 37.3. The number of carbonyl (C=O) groups excluding carboxylic acids is 1. The number of hydrogen-bond donors (Lipinski definition) is 1. The number of alkyl halides is 3. The summed E-state index contributed by atoms with van der Waals surface area (Å²) in [7, 11) is 0. The molecule has 3 nitrogen and oxygen atoms in total. The van der Waals surface area contributed by atoms with Gasteiger partial charge in [-0.1, -0.05) is 30.3 Å². The maximum absolute atomic E-state index is 12.4. The Hall–Kier alpha value is -1.56. The van der Waals surface area contributed by atoms with Crippen molar-refractivity contribution in [3.63, 3.8) is 0 Å². The maximum atomic E-state index is 12.4. The minimum atomic E-state index is -4.52. The Balaban J connectivity index is 2.18. The van der Waals surface area contributed by atoms with E-state index < -0.39 is 24.0 Å². The molecule has 0 spiro atoms. The molecule has 1 N–H and O–H groups in total. The molecule has 21 heavy (non-hydrogen) atoms. The molecular formula is C15H18F3NO2. The van der Waals surface area contributed by atoms with E-state index in [1.807, 2.05) is 30.3 Å². The summed E-state index contributed by atoms with van der Waals surface area (Å²) in [4.78, 5) is 13.1. The van der Waals surface area contributed by atoms with Crippen molar-refractivity contribution < 1.29 is 23.1 Å². The van der Waals surface area contributed by atoms with Crippen LogP contribution in [0.15, 0.2) is 30.3 Å². The molecule has 1 aliphatic rings. The highest BCUT2D eigenvalue weighted by molar-refractivity contribution is 5.78. The number of benzene rings is 1. The zero-order valence-electron chi connectivity index (χ0n) is 11.6. The van der Waals surface area contributed by atoms with E-state index >= 15 is 0 Å². The van der Waals surface area contributed by atoms with Crippen LogP contribution in [-0.2, 0) is 11.2 Å². The highest BCUT2D eigenvalue weighted by Gasteiger charge is 2.45. The van der Waals surface area contributed by atoms with Gasteiger partial charge in [0.2, 0.25) is 5.91 Å². The third-order valence-corrected chi connectivity index (χ3v) is 3.92. The molecule has 0 bridgehead atoms. The van der Waals surface area contributed by atoms with E-state index in [1.165, 1.54) is 4.90 Å². The molecule has 1 atom stereocenters. The second-order valence-electron chi connectivity index (χ2n) is 5.49. The molecule has 0 saturated carbocycles. The fourth-order valence-electron chi connectivity index (χ4n) is 2.97. The maximum Gasteiger partial charge on any atom is 0.397 e. The summed E-state index contributed by atoms with van der Waals surface area (Å²) in [6, 6.07) is 9.20. The number of hydrogen-bond acceptors (Lipinski definition) is 2. The quantitative estimate of drug-likeness (QED) is 0.928. The molecule has 0 radical (unpaired) electrons. The van der Waals surface area contributed by atoms with Crippen molar-refractivity contribution in [3.05, 3.63) is 35.9 Å². The second-order valence-corrected chi connectivity index (χ2v) is 5.49. The smallest absolute Gasteiger partial charge is 0.394 e. The highest BCUT2D eigenvalue weighted by atomic mass is 19.4. The van der Waals surface area contributed by atoms with Crippen LogP contribution in [0.4, 0.5) is 13.2 Å². The first-order valence-corrected chi connectivity index (χ1v) is 6.88. The Labute approximate surface area is 121 Å². The first kappa shape index (κ1) is 15.8. The minimum absolute atomic E-state index is 0.266. The van der Waals surface area contributed by atoms with E-state index in [1.54, 1.807) is 0 Å². The Morgan fingerprint density at radius 3 is 2.52 bits per heavy atom. The van der Waals surface area contributed by atoms with Crippen molar-refractivity contribution in [2.24, 2.45) is 0 Å². The molecule has 2 rings (SSSR count). The topological polar surface area (TPSA) is 40.5 Å². The van der Waals surface area contributed by atoms with E-state index in [0.717, 1.165) is 5.56 Å². The van der Waals surface area contributed by atoms with Gasteiger partial charge in [0.05, 0.1) is 12.1 Å². The van der Waals surface area contributed by atoms with E-state index in [4.69, 9.17) is 0 Å².